The summed E-state index contributed by atoms with van der Waals surface area (Å²) in [6.07, 6.45) is 0.499. The van der Waals surface area contributed by atoms with Crippen LogP contribution < -0.4 is 5.32 Å². The van der Waals surface area contributed by atoms with Gasteiger partial charge in [-0.25, -0.2) is 0 Å². The molecule has 0 heterocycles. The van der Waals surface area contributed by atoms with Gasteiger partial charge in [-0.1, -0.05) is 13.8 Å². The molecule has 0 bridgehead atoms. The Labute approximate surface area is 77.3 Å². The standard InChI is InChI=1S/C9H15NO3/c1-5(2)4-10-8(11)6-3-7(6)9(12)13/h5-7H,3-4H2,1-2H3,(H,10,11)(H,12,13). The Morgan fingerprint density at radius 3 is 2.46 bits per heavy atom. The molecule has 0 aliphatic heterocycles. The second-order valence-corrected chi connectivity index (χ2v) is 3.93. The largest absolute Gasteiger partial charge is 0.481 e. The smallest absolute Gasteiger partial charge is 0.307 e. The van der Waals surface area contributed by atoms with Gasteiger partial charge in [0.05, 0.1) is 11.8 Å². The predicted octanol–water partition coefficient (Wildman–Crippen LogP) is 0.479. The topological polar surface area (TPSA) is 66.4 Å². The number of rotatable bonds is 4. The van der Waals surface area contributed by atoms with Crippen LogP contribution in [0.15, 0.2) is 0 Å². The van der Waals surface area contributed by atoms with Crippen LogP contribution >= 0.6 is 0 Å². The molecule has 0 aromatic rings. The second-order valence-electron chi connectivity index (χ2n) is 3.93. The maximum atomic E-state index is 11.3. The van der Waals surface area contributed by atoms with E-state index in [0.29, 0.717) is 18.9 Å². The minimum atomic E-state index is -0.857. The van der Waals surface area contributed by atoms with Crippen LogP contribution in [-0.2, 0) is 9.59 Å². The van der Waals surface area contributed by atoms with Crippen LogP contribution in [0, 0.1) is 17.8 Å². The van der Waals surface area contributed by atoms with Gasteiger partial charge in [-0.15, -0.1) is 0 Å². The molecule has 0 radical (unpaired) electrons. The zero-order valence-corrected chi connectivity index (χ0v) is 7.91. The molecular weight excluding hydrogens is 170 g/mol. The van der Waals surface area contributed by atoms with E-state index in [1.165, 1.54) is 0 Å². The van der Waals surface area contributed by atoms with Gasteiger partial charge in [0, 0.05) is 6.54 Å². The Balaban J connectivity index is 2.24. The molecule has 4 heteroatoms. The summed E-state index contributed by atoms with van der Waals surface area (Å²) in [7, 11) is 0. The molecule has 2 atom stereocenters. The lowest BCUT2D eigenvalue weighted by atomic mass is 10.2. The Bertz CT molecular complexity index is 225. The van der Waals surface area contributed by atoms with Crippen LogP contribution in [0.2, 0.25) is 0 Å². The zero-order chi connectivity index (χ0) is 10.0. The molecule has 2 unspecified atom stereocenters. The van der Waals surface area contributed by atoms with Crippen molar-refractivity contribution in [3.05, 3.63) is 0 Å². The van der Waals surface area contributed by atoms with Crippen molar-refractivity contribution in [2.75, 3.05) is 6.54 Å². The van der Waals surface area contributed by atoms with Crippen molar-refractivity contribution in [1.29, 1.82) is 0 Å². The van der Waals surface area contributed by atoms with E-state index in [-0.39, 0.29) is 11.8 Å². The van der Waals surface area contributed by atoms with Crippen molar-refractivity contribution in [1.82, 2.24) is 5.32 Å². The molecule has 1 aliphatic rings. The first-order valence-corrected chi connectivity index (χ1v) is 4.53. The van der Waals surface area contributed by atoms with Gasteiger partial charge >= 0.3 is 5.97 Å². The summed E-state index contributed by atoms with van der Waals surface area (Å²) < 4.78 is 0. The molecule has 0 spiro atoms. The van der Waals surface area contributed by atoms with Gasteiger partial charge in [0.25, 0.3) is 0 Å². The summed E-state index contributed by atoms with van der Waals surface area (Å²) in [6.45, 7) is 4.63. The Morgan fingerprint density at radius 2 is 2.08 bits per heavy atom. The summed E-state index contributed by atoms with van der Waals surface area (Å²) in [5, 5.41) is 11.3. The van der Waals surface area contributed by atoms with Gasteiger partial charge in [-0.3, -0.25) is 9.59 Å². The number of nitrogens with one attached hydrogen (secondary N) is 1. The normalized spacial score (nSPS) is 25.8. The first-order chi connectivity index (χ1) is 6.02. The first-order valence-electron chi connectivity index (χ1n) is 4.53. The van der Waals surface area contributed by atoms with Crippen molar-refractivity contribution in [2.45, 2.75) is 20.3 Å². The third-order valence-electron chi connectivity index (χ3n) is 2.13. The quantitative estimate of drug-likeness (QED) is 0.669. The molecule has 1 fully saturated rings. The summed E-state index contributed by atoms with van der Waals surface area (Å²) >= 11 is 0. The highest BCUT2D eigenvalue weighted by atomic mass is 16.4. The van der Waals surface area contributed by atoms with Crippen LogP contribution in [0.4, 0.5) is 0 Å². The van der Waals surface area contributed by atoms with Crippen LogP contribution in [0.25, 0.3) is 0 Å². The lowest BCUT2D eigenvalue weighted by molar-refractivity contribution is -0.140. The fraction of sp³-hybridized carbons (Fsp3) is 0.778. The minimum Gasteiger partial charge on any atom is -0.481 e. The fourth-order valence-corrected chi connectivity index (χ4v) is 1.19. The molecule has 2 N–H and O–H groups in total. The second kappa shape index (κ2) is 3.77. The molecule has 0 saturated heterocycles. The molecular formula is C9H15NO3. The lowest BCUT2D eigenvalue weighted by Crippen LogP contribution is -2.29. The van der Waals surface area contributed by atoms with Gasteiger partial charge < -0.3 is 10.4 Å². The van der Waals surface area contributed by atoms with E-state index in [0.717, 1.165) is 0 Å². The van der Waals surface area contributed by atoms with Crippen LogP contribution in [0.5, 0.6) is 0 Å². The predicted molar refractivity (Wildman–Crippen MR) is 47.1 cm³/mol. The number of carboxylic acids is 1. The highest BCUT2D eigenvalue weighted by Crippen LogP contribution is 2.38. The van der Waals surface area contributed by atoms with Crippen molar-refractivity contribution in [2.24, 2.45) is 17.8 Å². The summed E-state index contributed by atoms with van der Waals surface area (Å²) in [6, 6.07) is 0. The van der Waals surface area contributed by atoms with Crippen molar-refractivity contribution >= 4 is 11.9 Å². The van der Waals surface area contributed by atoms with E-state index in [9.17, 15) is 9.59 Å². The Hall–Kier alpha value is -1.06. The molecule has 4 nitrogen and oxygen atoms in total. The van der Waals surface area contributed by atoms with Crippen LogP contribution in [0.3, 0.4) is 0 Å². The van der Waals surface area contributed by atoms with Gasteiger partial charge in [-0.2, -0.15) is 0 Å². The number of aliphatic carboxylic acids is 1. The van der Waals surface area contributed by atoms with E-state index in [1.807, 2.05) is 13.8 Å². The monoisotopic (exact) mass is 185 g/mol. The number of carbonyl (C=O) groups excluding carboxylic acids is 1. The number of hydrogen-bond donors (Lipinski definition) is 2. The molecule has 0 aromatic heterocycles. The highest BCUT2D eigenvalue weighted by Gasteiger charge is 2.48. The molecule has 13 heavy (non-hydrogen) atoms. The maximum absolute atomic E-state index is 11.3. The SMILES string of the molecule is CC(C)CNC(=O)C1CC1C(=O)O. The first kappa shape index (κ1) is 10.0. The number of carboxylic acid groups (broad SMARTS) is 1. The summed E-state index contributed by atoms with van der Waals surface area (Å²) in [5.41, 5.74) is 0. The molecule has 1 saturated carbocycles. The zero-order valence-electron chi connectivity index (χ0n) is 7.91. The highest BCUT2D eigenvalue weighted by molar-refractivity contribution is 5.89. The maximum Gasteiger partial charge on any atom is 0.307 e. The van der Waals surface area contributed by atoms with Gasteiger partial charge in [0.1, 0.15) is 0 Å². The van der Waals surface area contributed by atoms with E-state index < -0.39 is 11.9 Å². The number of hydrogen-bond acceptors (Lipinski definition) is 2. The average Bonchev–Trinajstić information content (AvgIpc) is 2.78. The van der Waals surface area contributed by atoms with E-state index in [4.69, 9.17) is 5.11 Å². The lowest BCUT2D eigenvalue weighted by Gasteiger charge is -2.06. The van der Waals surface area contributed by atoms with Crippen molar-refractivity contribution < 1.29 is 14.7 Å². The van der Waals surface area contributed by atoms with Gasteiger partial charge in [0.15, 0.2) is 0 Å². The van der Waals surface area contributed by atoms with Gasteiger partial charge in [0.2, 0.25) is 5.91 Å². The third kappa shape index (κ3) is 2.72. The summed E-state index contributed by atoms with van der Waals surface area (Å²) in [5.74, 6) is -1.28. The van der Waals surface area contributed by atoms with Crippen LogP contribution in [0.1, 0.15) is 20.3 Å². The van der Waals surface area contributed by atoms with E-state index >= 15 is 0 Å². The summed E-state index contributed by atoms with van der Waals surface area (Å²) in [4.78, 5) is 21.7. The average molecular weight is 185 g/mol. The fourth-order valence-electron chi connectivity index (χ4n) is 1.19. The van der Waals surface area contributed by atoms with E-state index in [1.54, 1.807) is 0 Å². The van der Waals surface area contributed by atoms with Crippen molar-refractivity contribution in [3.8, 4) is 0 Å². The van der Waals surface area contributed by atoms with E-state index in [2.05, 4.69) is 5.32 Å². The molecule has 74 valence electrons. The van der Waals surface area contributed by atoms with Crippen LogP contribution in [-0.4, -0.2) is 23.5 Å². The minimum absolute atomic E-state index is 0.110. The number of carbonyl (C=O) groups is 2. The molecule has 1 rings (SSSR count). The Morgan fingerprint density at radius 1 is 1.46 bits per heavy atom. The van der Waals surface area contributed by atoms with Crippen molar-refractivity contribution in [3.63, 3.8) is 0 Å². The van der Waals surface area contributed by atoms with Gasteiger partial charge in [-0.05, 0) is 12.3 Å². The Kier molecular flexibility index (Phi) is 2.90. The number of amides is 1. The molecule has 1 amide bonds. The molecule has 0 aromatic carbocycles. The molecule has 1 aliphatic carbocycles. The third-order valence-corrected chi connectivity index (χ3v) is 2.13.